The van der Waals surface area contributed by atoms with Gasteiger partial charge in [0.05, 0.1) is 5.56 Å². The van der Waals surface area contributed by atoms with Gasteiger partial charge in [-0.05, 0) is 30.9 Å². The molecule has 0 spiro atoms. The van der Waals surface area contributed by atoms with Crippen LogP contribution in [-0.4, -0.2) is 24.2 Å². The number of aliphatic hydroxyl groups is 1. The van der Waals surface area contributed by atoms with Gasteiger partial charge in [0.25, 0.3) is 5.91 Å². The van der Waals surface area contributed by atoms with Crippen molar-refractivity contribution < 1.29 is 9.90 Å². The van der Waals surface area contributed by atoms with Crippen LogP contribution in [-0.2, 0) is 0 Å². The van der Waals surface area contributed by atoms with Gasteiger partial charge in [-0.3, -0.25) is 4.79 Å². The Morgan fingerprint density at radius 2 is 2.24 bits per heavy atom. The second kappa shape index (κ2) is 6.25. The zero-order chi connectivity index (χ0) is 12.8. The van der Waals surface area contributed by atoms with E-state index in [1.807, 2.05) is 26.0 Å². The minimum Gasteiger partial charge on any atom is -0.398 e. The van der Waals surface area contributed by atoms with Crippen LogP contribution >= 0.6 is 0 Å². The standard InChI is InChI=1S/C13H20N2O2/c1-9(6-7-16)8-15-13(17)12-10(2)4-3-5-11(12)14/h3-5,9,16H,6-8,14H2,1-2H3,(H,15,17). The maximum atomic E-state index is 11.9. The smallest absolute Gasteiger partial charge is 0.253 e. The lowest BCUT2D eigenvalue weighted by Gasteiger charge is -2.13. The molecular formula is C13H20N2O2. The Morgan fingerprint density at radius 3 is 2.82 bits per heavy atom. The van der Waals surface area contributed by atoms with Gasteiger partial charge in [0, 0.05) is 18.8 Å². The fourth-order valence-corrected chi connectivity index (χ4v) is 1.68. The number of amides is 1. The molecule has 4 heteroatoms. The number of hydrogen-bond acceptors (Lipinski definition) is 3. The summed E-state index contributed by atoms with van der Waals surface area (Å²) in [6.45, 7) is 4.54. The number of aliphatic hydroxyl groups excluding tert-OH is 1. The third-order valence-electron chi connectivity index (χ3n) is 2.77. The van der Waals surface area contributed by atoms with Gasteiger partial charge in [-0.15, -0.1) is 0 Å². The fraction of sp³-hybridized carbons (Fsp3) is 0.462. The highest BCUT2D eigenvalue weighted by atomic mass is 16.3. The van der Waals surface area contributed by atoms with Crippen LogP contribution in [0, 0.1) is 12.8 Å². The molecule has 0 aliphatic carbocycles. The van der Waals surface area contributed by atoms with Gasteiger partial charge in [-0.2, -0.15) is 0 Å². The molecule has 1 rings (SSSR count). The Hall–Kier alpha value is -1.55. The molecule has 1 amide bonds. The first kappa shape index (κ1) is 13.5. The number of anilines is 1. The number of rotatable bonds is 5. The van der Waals surface area contributed by atoms with Crippen LogP contribution in [0.1, 0.15) is 29.3 Å². The third kappa shape index (κ3) is 3.75. The third-order valence-corrected chi connectivity index (χ3v) is 2.77. The summed E-state index contributed by atoms with van der Waals surface area (Å²) in [5, 5.41) is 11.6. The van der Waals surface area contributed by atoms with Crippen molar-refractivity contribution in [1.29, 1.82) is 0 Å². The van der Waals surface area contributed by atoms with Gasteiger partial charge < -0.3 is 16.2 Å². The largest absolute Gasteiger partial charge is 0.398 e. The van der Waals surface area contributed by atoms with Crippen molar-refractivity contribution in [2.24, 2.45) is 5.92 Å². The number of benzene rings is 1. The fourth-order valence-electron chi connectivity index (χ4n) is 1.68. The summed E-state index contributed by atoms with van der Waals surface area (Å²) in [4.78, 5) is 11.9. The van der Waals surface area contributed by atoms with Crippen LogP contribution in [0.4, 0.5) is 5.69 Å². The highest BCUT2D eigenvalue weighted by Gasteiger charge is 2.12. The molecule has 0 saturated heterocycles. The molecule has 0 bridgehead atoms. The minimum atomic E-state index is -0.148. The Bertz CT molecular complexity index is 371. The van der Waals surface area contributed by atoms with Gasteiger partial charge in [-0.1, -0.05) is 19.1 Å². The molecule has 0 aromatic heterocycles. The second-order valence-electron chi connectivity index (χ2n) is 4.37. The molecule has 0 saturated carbocycles. The Morgan fingerprint density at radius 1 is 1.53 bits per heavy atom. The van der Waals surface area contributed by atoms with Crippen molar-refractivity contribution >= 4 is 11.6 Å². The number of carbonyl (C=O) groups is 1. The van der Waals surface area contributed by atoms with Crippen molar-refractivity contribution in [3.63, 3.8) is 0 Å². The monoisotopic (exact) mass is 236 g/mol. The number of nitrogens with one attached hydrogen (secondary N) is 1. The summed E-state index contributed by atoms with van der Waals surface area (Å²) in [7, 11) is 0. The minimum absolute atomic E-state index is 0.142. The van der Waals surface area contributed by atoms with Gasteiger partial charge in [0.1, 0.15) is 0 Å². The van der Waals surface area contributed by atoms with E-state index in [1.54, 1.807) is 6.07 Å². The van der Waals surface area contributed by atoms with Crippen LogP contribution in [0.3, 0.4) is 0 Å². The number of hydrogen-bond donors (Lipinski definition) is 3. The van der Waals surface area contributed by atoms with Crippen molar-refractivity contribution in [3.05, 3.63) is 29.3 Å². The van der Waals surface area contributed by atoms with Gasteiger partial charge >= 0.3 is 0 Å². The SMILES string of the molecule is Cc1cccc(N)c1C(=O)NCC(C)CCO. The predicted molar refractivity (Wildman–Crippen MR) is 68.8 cm³/mol. The average molecular weight is 236 g/mol. The molecule has 1 aromatic carbocycles. The molecule has 94 valence electrons. The molecule has 0 heterocycles. The zero-order valence-electron chi connectivity index (χ0n) is 10.4. The first-order valence-corrected chi connectivity index (χ1v) is 5.80. The molecule has 17 heavy (non-hydrogen) atoms. The molecular weight excluding hydrogens is 216 g/mol. The topological polar surface area (TPSA) is 75.4 Å². The quantitative estimate of drug-likeness (QED) is 0.675. The van der Waals surface area contributed by atoms with Crippen molar-refractivity contribution in [2.75, 3.05) is 18.9 Å². The van der Waals surface area contributed by atoms with Crippen molar-refractivity contribution in [3.8, 4) is 0 Å². The number of nitrogens with two attached hydrogens (primary N) is 1. The Kier molecular flexibility index (Phi) is 4.97. The van der Waals surface area contributed by atoms with Crippen LogP contribution in [0.25, 0.3) is 0 Å². The van der Waals surface area contributed by atoms with E-state index in [2.05, 4.69) is 5.32 Å². The van der Waals surface area contributed by atoms with Gasteiger partial charge in [-0.25, -0.2) is 0 Å². The zero-order valence-corrected chi connectivity index (χ0v) is 10.4. The summed E-state index contributed by atoms with van der Waals surface area (Å²) in [5.41, 5.74) is 7.70. The summed E-state index contributed by atoms with van der Waals surface area (Å²) >= 11 is 0. The van der Waals surface area contributed by atoms with E-state index in [0.717, 1.165) is 5.56 Å². The first-order chi connectivity index (χ1) is 8.06. The lowest BCUT2D eigenvalue weighted by atomic mass is 10.0. The van der Waals surface area contributed by atoms with Crippen molar-refractivity contribution in [2.45, 2.75) is 20.3 Å². The van der Waals surface area contributed by atoms with E-state index in [-0.39, 0.29) is 18.4 Å². The van der Waals surface area contributed by atoms with Crippen LogP contribution in [0.5, 0.6) is 0 Å². The molecule has 0 aliphatic heterocycles. The predicted octanol–water partition coefficient (Wildman–Crippen LogP) is 1.33. The van der Waals surface area contributed by atoms with Crippen LogP contribution < -0.4 is 11.1 Å². The summed E-state index contributed by atoms with van der Waals surface area (Å²) in [6.07, 6.45) is 0.684. The maximum absolute atomic E-state index is 11.9. The van der Waals surface area contributed by atoms with Gasteiger partial charge in [0.15, 0.2) is 0 Å². The number of aryl methyl sites for hydroxylation is 1. The van der Waals surface area contributed by atoms with Crippen molar-refractivity contribution in [1.82, 2.24) is 5.32 Å². The molecule has 0 aliphatic rings. The highest BCUT2D eigenvalue weighted by Crippen LogP contribution is 2.15. The molecule has 0 radical (unpaired) electrons. The molecule has 1 unspecified atom stereocenters. The maximum Gasteiger partial charge on any atom is 0.253 e. The van der Waals surface area contributed by atoms with E-state index in [1.165, 1.54) is 0 Å². The molecule has 1 atom stereocenters. The molecule has 4 N–H and O–H groups in total. The molecule has 1 aromatic rings. The van der Waals surface area contributed by atoms with Gasteiger partial charge in [0.2, 0.25) is 0 Å². The highest BCUT2D eigenvalue weighted by molar-refractivity contribution is 6.00. The van der Waals surface area contributed by atoms with E-state index in [9.17, 15) is 4.79 Å². The summed E-state index contributed by atoms with van der Waals surface area (Å²) in [6, 6.07) is 5.41. The Balaban J connectivity index is 2.64. The second-order valence-corrected chi connectivity index (χ2v) is 4.37. The van der Waals surface area contributed by atoms with E-state index in [0.29, 0.717) is 24.2 Å². The molecule has 0 fully saturated rings. The Labute approximate surface area is 102 Å². The lowest BCUT2D eigenvalue weighted by Crippen LogP contribution is -2.29. The number of nitrogen functional groups attached to an aromatic ring is 1. The molecule has 4 nitrogen and oxygen atoms in total. The van der Waals surface area contributed by atoms with E-state index >= 15 is 0 Å². The van der Waals surface area contributed by atoms with E-state index < -0.39 is 0 Å². The van der Waals surface area contributed by atoms with E-state index in [4.69, 9.17) is 10.8 Å². The summed E-state index contributed by atoms with van der Waals surface area (Å²) < 4.78 is 0. The number of carbonyl (C=O) groups excluding carboxylic acids is 1. The van der Waals surface area contributed by atoms with Crippen LogP contribution in [0.15, 0.2) is 18.2 Å². The first-order valence-electron chi connectivity index (χ1n) is 5.80. The average Bonchev–Trinajstić information content (AvgIpc) is 2.26. The lowest BCUT2D eigenvalue weighted by molar-refractivity contribution is 0.0945. The summed E-state index contributed by atoms with van der Waals surface area (Å²) in [5.74, 6) is 0.111. The normalized spacial score (nSPS) is 12.2. The van der Waals surface area contributed by atoms with Crippen LogP contribution in [0.2, 0.25) is 0 Å².